The average molecular weight is 379 g/mol. The SMILES string of the molecule is CC(=O)N(Cc1ccccc1)[C@@H](C)C(=O)NCc1ccc(Cl)cc1Cl. The molecule has 4 nitrogen and oxygen atoms in total. The zero-order valence-corrected chi connectivity index (χ0v) is 15.6. The number of nitrogens with one attached hydrogen (secondary N) is 1. The number of hydrogen-bond donors (Lipinski definition) is 1. The second kappa shape index (κ2) is 8.88. The van der Waals surface area contributed by atoms with Crippen LogP contribution in [-0.4, -0.2) is 22.8 Å². The lowest BCUT2D eigenvalue weighted by Crippen LogP contribution is -2.46. The Morgan fingerprint density at radius 1 is 1.12 bits per heavy atom. The molecule has 0 aliphatic carbocycles. The minimum absolute atomic E-state index is 0.156. The van der Waals surface area contributed by atoms with Crippen molar-refractivity contribution in [1.29, 1.82) is 0 Å². The Bertz CT molecular complexity index is 750. The highest BCUT2D eigenvalue weighted by molar-refractivity contribution is 6.35. The van der Waals surface area contributed by atoms with Crippen LogP contribution in [0.3, 0.4) is 0 Å². The van der Waals surface area contributed by atoms with Crippen molar-refractivity contribution in [3.8, 4) is 0 Å². The summed E-state index contributed by atoms with van der Waals surface area (Å²) in [7, 11) is 0. The Morgan fingerprint density at radius 2 is 1.80 bits per heavy atom. The third-order valence-electron chi connectivity index (χ3n) is 3.92. The first-order chi connectivity index (χ1) is 11.9. The maximum absolute atomic E-state index is 12.5. The van der Waals surface area contributed by atoms with Crippen LogP contribution in [0.2, 0.25) is 10.0 Å². The Balaban J connectivity index is 2.01. The monoisotopic (exact) mass is 378 g/mol. The number of hydrogen-bond acceptors (Lipinski definition) is 2. The summed E-state index contributed by atoms with van der Waals surface area (Å²) < 4.78 is 0. The number of benzene rings is 2. The van der Waals surface area contributed by atoms with Gasteiger partial charge in [-0.2, -0.15) is 0 Å². The molecule has 1 N–H and O–H groups in total. The fourth-order valence-electron chi connectivity index (χ4n) is 2.44. The summed E-state index contributed by atoms with van der Waals surface area (Å²) in [6.45, 7) is 3.83. The molecule has 6 heteroatoms. The van der Waals surface area contributed by atoms with Gasteiger partial charge >= 0.3 is 0 Å². The molecule has 25 heavy (non-hydrogen) atoms. The van der Waals surface area contributed by atoms with Crippen molar-refractivity contribution < 1.29 is 9.59 Å². The van der Waals surface area contributed by atoms with Gasteiger partial charge in [0.05, 0.1) is 0 Å². The highest BCUT2D eigenvalue weighted by Crippen LogP contribution is 2.20. The molecule has 0 saturated carbocycles. The van der Waals surface area contributed by atoms with Gasteiger partial charge in [0.15, 0.2) is 0 Å². The van der Waals surface area contributed by atoms with Gasteiger partial charge in [0.2, 0.25) is 11.8 Å². The van der Waals surface area contributed by atoms with Crippen molar-refractivity contribution in [3.63, 3.8) is 0 Å². The normalized spacial score (nSPS) is 11.7. The lowest BCUT2D eigenvalue weighted by molar-refractivity contribution is -0.139. The molecule has 2 rings (SSSR count). The van der Waals surface area contributed by atoms with Crippen molar-refractivity contribution in [2.75, 3.05) is 0 Å². The van der Waals surface area contributed by atoms with E-state index < -0.39 is 6.04 Å². The van der Waals surface area contributed by atoms with Gasteiger partial charge in [0, 0.05) is 30.1 Å². The second-order valence-electron chi connectivity index (χ2n) is 5.76. The van der Waals surface area contributed by atoms with Gasteiger partial charge < -0.3 is 10.2 Å². The molecule has 2 aromatic carbocycles. The van der Waals surface area contributed by atoms with Crippen molar-refractivity contribution in [3.05, 3.63) is 69.7 Å². The van der Waals surface area contributed by atoms with E-state index in [-0.39, 0.29) is 18.4 Å². The Labute approximate surface area is 157 Å². The Morgan fingerprint density at radius 3 is 2.40 bits per heavy atom. The smallest absolute Gasteiger partial charge is 0.242 e. The second-order valence-corrected chi connectivity index (χ2v) is 6.61. The number of amides is 2. The lowest BCUT2D eigenvalue weighted by Gasteiger charge is -2.27. The third-order valence-corrected chi connectivity index (χ3v) is 4.50. The summed E-state index contributed by atoms with van der Waals surface area (Å²) in [5, 5.41) is 3.85. The van der Waals surface area contributed by atoms with Crippen LogP contribution in [0.15, 0.2) is 48.5 Å². The molecule has 0 heterocycles. The number of halogens is 2. The van der Waals surface area contributed by atoms with Crippen LogP contribution >= 0.6 is 23.2 Å². The van der Waals surface area contributed by atoms with E-state index >= 15 is 0 Å². The molecule has 0 aromatic heterocycles. The number of rotatable bonds is 6. The van der Waals surface area contributed by atoms with E-state index in [1.54, 1.807) is 25.1 Å². The zero-order chi connectivity index (χ0) is 18.4. The maximum Gasteiger partial charge on any atom is 0.242 e. The third kappa shape index (κ3) is 5.48. The van der Waals surface area contributed by atoms with Gasteiger partial charge in [-0.15, -0.1) is 0 Å². The van der Waals surface area contributed by atoms with Gasteiger partial charge in [-0.1, -0.05) is 59.6 Å². The van der Waals surface area contributed by atoms with Gasteiger partial charge in [0.25, 0.3) is 0 Å². The molecule has 2 aromatic rings. The standard InChI is InChI=1S/C19H20Cl2N2O2/c1-13(23(14(2)24)12-15-6-4-3-5-7-15)19(25)22-11-16-8-9-17(20)10-18(16)21/h3-10,13H,11-12H2,1-2H3,(H,22,25)/t13-/m0/s1. The molecular formula is C19H20Cl2N2O2. The van der Waals surface area contributed by atoms with E-state index in [0.717, 1.165) is 11.1 Å². The van der Waals surface area contributed by atoms with Crippen molar-refractivity contribution in [1.82, 2.24) is 10.2 Å². The number of nitrogens with zero attached hydrogens (tertiary/aromatic N) is 1. The highest BCUT2D eigenvalue weighted by atomic mass is 35.5. The first kappa shape index (κ1) is 19.3. The van der Waals surface area contributed by atoms with Gasteiger partial charge in [-0.05, 0) is 30.2 Å². The predicted octanol–water partition coefficient (Wildman–Crippen LogP) is 4.05. The fraction of sp³-hybridized carbons (Fsp3) is 0.263. The lowest BCUT2D eigenvalue weighted by atomic mass is 10.1. The van der Waals surface area contributed by atoms with E-state index in [4.69, 9.17) is 23.2 Å². The average Bonchev–Trinajstić information content (AvgIpc) is 2.58. The number of carbonyl (C=O) groups is 2. The molecule has 0 spiro atoms. The molecule has 0 radical (unpaired) electrons. The minimum Gasteiger partial charge on any atom is -0.350 e. The maximum atomic E-state index is 12.5. The first-order valence-electron chi connectivity index (χ1n) is 7.91. The molecule has 0 bridgehead atoms. The molecular weight excluding hydrogens is 359 g/mol. The van der Waals surface area contributed by atoms with Gasteiger partial charge in [0.1, 0.15) is 6.04 Å². The van der Waals surface area contributed by atoms with Crippen LogP contribution in [0.5, 0.6) is 0 Å². The van der Waals surface area contributed by atoms with Crippen LogP contribution in [-0.2, 0) is 22.7 Å². The molecule has 0 aliphatic heterocycles. The van der Waals surface area contributed by atoms with Crippen molar-refractivity contribution in [2.24, 2.45) is 0 Å². The largest absolute Gasteiger partial charge is 0.350 e. The molecule has 2 amide bonds. The Kier molecular flexibility index (Phi) is 6.85. The van der Waals surface area contributed by atoms with Crippen molar-refractivity contribution in [2.45, 2.75) is 33.0 Å². The Hall–Kier alpha value is -2.04. The molecule has 0 aliphatic rings. The molecule has 0 unspecified atom stereocenters. The quantitative estimate of drug-likeness (QED) is 0.823. The first-order valence-corrected chi connectivity index (χ1v) is 8.67. The van der Waals surface area contributed by atoms with Crippen molar-refractivity contribution >= 4 is 35.0 Å². The van der Waals surface area contributed by atoms with Crippen LogP contribution in [0.4, 0.5) is 0 Å². The molecule has 1 atom stereocenters. The van der Waals surface area contributed by atoms with E-state index in [9.17, 15) is 9.59 Å². The fourth-order valence-corrected chi connectivity index (χ4v) is 2.91. The topological polar surface area (TPSA) is 49.4 Å². The van der Waals surface area contributed by atoms with E-state index in [1.165, 1.54) is 11.8 Å². The zero-order valence-electron chi connectivity index (χ0n) is 14.1. The van der Waals surface area contributed by atoms with E-state index in [1.807, 2.05) is 30.3 Å². The highest BCUT2D eigenvalue weighted by Gasteiger charge is 2.23. The van der Waals surface area contributed by atoms with Crippen LogP contribution in [0.1, 0.15) is 25.0 Å². The predicted molar refractivity (Wildman–Crippen MR) is 100 cm³/mol. The summed E-state index contributed by atoms with van der Waals surface area (Å²) in [4.78, 5) is 26.0. The van der Waals surface area contributed by atoms with E-state index in [0.29, 0.717) is 16.6 Å². The minimum atomic E-state index is -0.594. The summed E-state index contributed by atoms with van der Waals surface area (Å²) in [5.41, 5.74) is 1.74. The summed E-state index contributed by atoms with van der Waals surface area (Å²) in [6.07, 6.45) is 0. The molecule has 0 saturated heterocycles. The summed E-state index contributed by atoms with van der Waals surface area (Å²) >= 11 is 12.0. The molecule has 132 valence electrons. The van der Waals surface area contributed by atoms with Crippen LogP contribution < -0.4 is 5.32 Å². The number of carbonyl (C=O) groups excluding carboxylic acids is 2. The van der Waals surface area contributed by atoms with Gasteiger partial charge in [-0.25, -0.2) is 0 Å². The molecule has 0 fully saturated rings. The van der Waals surface area contributed by atoms with E-state index in [2.05, 4.69) is 5.32 Å². The van der Waals surface area contributed by atoms with Crippen LogP contribution in [0, 0.1) is 0 Å². The summed E-state index contributed by atoms with van der Waals surface area (Å²) in [5.74, 6) is -0.395. The summed E-state index contributed by atoms with van der Waals surface area (Å²) in [6, 6.07) is 14.1. The van der Waals surface area contributed by atoms with Gasteiger partial charge in [-0.3, -0.25) is 9.59 Å². The van der Waals surface area contributed by atoms with Crippen LogP contribution in [0.25, 0.3) is 0 Å².